The summed E-state index contributed by atoms with van der Waals surface area (Å²) in [5, 5.41) is 16.1. The number of aromatic nitrogens is 2. The van der Waals surface area contributed by atoms with Crippen molar-refractivity contribution in [2.45, 2.75) is 33.0 Å². The van der Waals surface area contributed by atoms with Crippen LogP contribution in [-0.2, 0) is 19.6 Å². The number of hydrogen-bond acceptors (Lipinski definition) is 3. The molecule has 6 nitrogen and oxygen atoms in total. The molecular formula is C17H23FN4O2. The van der Waals surface area contributed by atoms with E-state index in [1.807, 2.05) is 10.9 Å². The summed E-state index contributed by atoms with van der Waals surface area (Å²) in [5.74, 6) is -0.367. The molecule has 130 valence electrons. The summed E-state index contributed by atoms with van der Waals surface area (Å²) in [6, 6.07) is 5.95. The molecule has 0 bridgehead atoms. The number of carbonyl (C=O) groups excluding carboxylic acids is 1. The number of aliphatic hydroxyl groups excluding tert-OH is 1. The summed E-state index contributed by atoms with van der Waals surface area (Å²) in [6.45, 7) is 3.29. The molecule has 2 N–H and O–H groups in total. The molecule has 0 aliphatic carbocycles. The molecule has 1 aromatic heterocycles. The quantitative estimate of drug-likeness (QED) is 0.777. The number of hydrogen-bond donors (Lipinski definition) is 2. The van der Waals surface area contributed by atoms with Crippen LogP contribution in [0, 0.1) is 5.82 Å². The summed E-state index contributed by atoms with van der Waals surface area (Å²) in [4.78, 5) is 13.7. The Balaban J connectivity index is 1.94. The number of aryl methyl sites for hydroxylation is 1. The second kappa shape index (κ2) is 9.02. The van der Waals surface area contributed by atoms with Crippen LogP contribution < -0.4 is 5.32 Å². The fourth-order valence-corrected chi connectivity index (χ4v) is 2.34. The van der Waals surface area contributed by atoms with E-state index in [-0.39, 0.29) is 31.5 Å². The van der Waals surface area contributed by atoms with Gasteiger partial charge in [-0.15, -0.1) is 0 Å². The van der Waals surface area contributed by atoms with Crippen molar-refractivity contribution in [3.8, 4) is 0 Å². The van der Waals surface area contributed by atoms with Crippen LogP contribution in [0.25, 0.3) is 0 Å². The van der Waals surface area contributed by atoms with Gasteiger partial charge in [-0.3, -0.25) is 4.68 Å². The number of amides is 2. The van der Waals surface area contributed by atoms with E-state index in [0.29, 0.717) is 12.1 Å². The van der Waals surface area contributed by atoms with Gasteiger partial charge in [0.2, 0.25) is 0 Å². The number of halogens is 1. The molecule has 0 saturated heterocycles. The Morgan fingerprint density at radius 1 is 1.42 bits per heavy atom. The molecule has 0 spiro atoms. The van der Waals surface area contributed by atoms with Crippen LogP contribution >= 0.6 is 0 Å². The van der Waals surface area contributed by atoms with E-state index in [1.54, 1.807) is 24.4 Å². The standard InChI is InChI=1S/C17H23FN4O2/c1-2-7-22-12-14(11-20-22)10-19-17(24)21(8-9-23)13-15-5-3-4-6-16(15)18/h3-6,11-12,23H,2,7-10,13H2,1H3,(H,19,24). The maximum absolute atomic E-state index is 13.7. The van der Waals surface area contributed by atoms with E-state index in [9.17, 15) is 9.18 Å². The topological polar surface area (TPSA) is 70.4 Å². The van der Waals surface area contributed by atoms with Gasteiger partial charge in [-0.2, -0.15) is 5.10 Å². The zero-order valence-corrected chi connectivity index (χ0v) is 13.8. The van der Waals surface area contributed by atoms with Crippen molar-refractivity contribution in [3.05, 3.63) is 53.6 Å². The largest absolute Gasteiger partial charge is 0.395 e. The molecule has 1 heterocycles. The molecule has 0 fully saturated rings. The molecule has 0 aliphatic heterocycles. The average Bonchev–Trinajstić information content (AvgIpc) is 3.02. The Morgan fingerprint density at radius 3 is 2.92 bits per heavy atom. The lowest BCUT2D eigenvalue weighted by molar-refractivity contribution is 0.173. The summed E-state index contributed by atoms with van der Waals surface area (Å²) in [6.07, 6.45) is 4.58. The third kappa shape index (κ3) is 5.06. The van der Waals surface area contributed by atoms with Crippen molar-refractivity contribution in [2.24, 2.45) is 0 Å². The van der Waals surface area contributed by atoms with Gasteiger partial charge in [0, 0.05) is 37.0 Å². The van der Waals surface area contributed by atoms with E-state index in [1.165, 1.54) is 11.0 Å². The van der Waals surface area contributed by atoms with E-state index < -0.39 is 0 Å². The van der Waals surface area contributed by atoms with Gasteiger partial charge in [0.15, 0.2) is 0 Å². The first-order chi connectivity index (χ1) is 11.6. The first-order valence-corrected chi connectivity index (χ1v) is 8.02. The third-order valence-corrected chi connectivity index (χ3v) is 3.56. The number of urea groups is 1. The predicted molar refractivity (Wildman–Crippen MR) is 88.6 cm³/mol. The van der Waals surface area contributed by atoms with Crippen LogP contribution in [0.15, 0.2) is 36.7 Å². The van der Waals surface area contributed by atoms with E-state index in [2.05, 4.69) is 17.3 Å². The summed E-state index contributed by atoms with van der Waals surface area (Å²) < 4.78 is 15.6. The van der Waals surface area contributed by atoms with Gasteiger partial charge in [-0.25, -0.2) is 9.18 Å². The van der Waals surface area contributed by atoms with Crippen LogP contribution in [0.1, 0.15) is 24.5 Å². The second-order valence-corrected chi connectivity index (χ2v) is 5.51. The molecule has 0 saturated carbocycles. The Hall–Kier alpha value is -2.41. The number of benzene rings is 1. The fraction of sp³-hybridized carbons (Fsp3) is 0.412. The average molecular weight is 334 g/mol. The van der Waals surface area contributed by atoms with Gasteiger partial charge in [0.05, 0.1) is 19.3 Å². The molecule has 0 aliphatic rings. The highest BCUT2D eigenvalue weighted by Crippen LogP contribution is 2.10. The smallest absolute Gasteiger partial charge is 0.318 e. The summed E-state index contributed by atoms with van der Waals surface area (Å²) in [5.41, 5.74) is 1.31. The third-order valence-electron chi connectivity index (χ3n) is 3.56. The highest BCUT2D eigenvalue weighted by atomic mass is 19.1. The summed E-state index contributed by atoms with van der Waals surface area (Å²) >= 11 is 0. The highest BCUT2D eigenvalue weighted by Gasteiger charge is 2.15. The monoisotopic (exact) mass is 334 g/mol. The van der Waals surface area contributed by atoms with E-state index in [4.69, 9.17) is 5.11 Å². The van der Waals surface area contributed by atoms with Crippen LogP contribution in [0.2, 0.25) is 0 Å². The predicted octanol–water partition coefficient (Wildman–Crippen LogP) is 2.14. The van der Waals surface area contributed by atoms with Gasteiger partial charge in [-0.1, -0.05) is 25.1 Å². The molecule has 1 aromatic carbocycles. The minimum Gasteiger partial charge on any atom is -0.395 e. The molecule has 7 heteroatoms. The second-order valence-electron chi connectivity index (χ2n) is 5.51. The minimum absolute atomic E-state index is 0.105. The molecule has 24 heavy (non-hydrogen) atoms. The van der Waals surface area contributed by atoms with Crippen LogP contribution in [0.3, 0.4) is 0 Å². The van der Waals surface area contributed by atoms with Gasteiger partial charge < -0.3 is 15.3 Å². The molecule has 0 unspecified atom stereocenters. The minimum atomic E-state index is -0.367. The lowest BCUT2D eigenvalue weighted by Crippen LogP contribution is -2.40. The lowest BCUT2D eigenvalue weighted by atomic mass is 10.2. The van der Waals surface area contributed by atoms with Crippen molar-refractivity contribution in [3.63, 3.8) is 0 Å². The van der Waals surface area contributed by atoms with Crippen molar-refractivity contribution in [1.29, 1.82) is 0 Å². The van der Waals surface area contributed by atoms with E-state index in [0.717, 1.165) is 18.5 Å². The Morgan fingerprint density at radius 2 is 2.21 bits per heavy atom. The van der Waals surface area contributed by atoms with Gasteiger partial charge in [0.25, 0.3) is 0 Å². The lowest BCUT2D eigenvalue weighted by Gasteiger charge is -2.22. The first kappa shape index (κ1) is 17.9. The van der Waals surface area contributed by atoms with Gasteiger partial charge >= 0.3 is 6.03 Å². The van der Waals surface area contributed by atoms with Crippen LogP contribution in [-0.4, -0.2) is 39.0 Å². The molecule has 0 radical (unpaired) electrons. The Bertz CT molecular complexity index is 660. The summed E-state index contributed by atoms with van der Waals surface area (Å²) in [7, 11) is 0. The van der Waals surface area contributed by atoms with Gasteiger partial charge in [-0.05, 0) is 12.5 Å². The van der Waals surface area contributed by atoms with Crippen molar-refractivity contribution in [2.75, 3.05) is 13.2 Å². The Labute approximate surface area is 140 Å². The first-order valence-electron chi connectivity index (χ1n) is 8.02. The molecule has 0 atom stereocenters. The number of aliphatic hydroxyl groups is 1. The zero-order chi connectivity index (χ0) is 17.4. The number of rotatable bonds is 8. The molecule has 2 aromatic rings. The van der Waals surface area contributed by atoms with Crippen molar-refractivity contribution >= 4 is 6.03 Å². The van der Waals surface area contributed by atoms with Crippen molar-refractivity contribution < 1.29 is 14.3 Å². The van der Waals surface area contributed by atoms with Crippen LogP contribution in [0.4, 0.5) is 9.18 Å². The fourth-order valence-electron chi connectivity index (χ4n) is 2.34. The molecule has 2 rings (SSSR count). The normalized spacial score (nSPS) is 10.6. The zero-order valence-electron chi connectivity index (χ0n) is 13.8. The van der Waals surface area contributed by atoms with Crippen molar-refractivity contribution in [1.82, 2.24) is 20.0 Å². The number of nitrogens with zero attached hydrogens (tertiary/aromatic N) is 3. The number of nitrogens with one attached hydrogen (secondary N) is 1. The highest BCUT2D eigenvalue weighted by molar-refractivity contribution is 5.74. The maximum atomic E-state index is 13.7. The molecular weight excluding hydrogens is 311 g/mol. The van der Waals surface area contributed by atoms with Crippen LogP contribution in [0.5, 0.6) is 0 Å². The van der Waals surface area contributed by atoms with Gasteiger partial charge in [0.1, 0.15) is 5.82 Å². The van der Waals surface area contributed by atoms with E-state index >= 15 is 0 Å². The maximum Gasteiger partial charge on any atom is 0.318 e. The SMILES string of the molecule is CCCn1cc(CNC(=O)N(CCO)Cc2ccccc2F)cn1. The Kier molecular flexibility index (Phi) is 6.74. The molecule has 2 amide bonds. The number of carbonyl (C=O) groups is 1.